The Morgan fingerprint density at radius 3 is 1.96 bits per heavy atom. The van der Waals surface area contributed by atoms with Gasteiger partial charge in [0, 0.05) is 20.8 Å². The van der Waals surface area contributed by atoms with Gasteiger partial charge in [0.2, 0.25) is 11.8 Å². The number of ether oxygens (including phenoxy) is 4. The second-order valence-electron chi connectivity index (χ2n) is 5.67. The van der Waals surface area contributed by atoms with Crippen LogP contribution in [0.5, 0.6) is 0 Å². The zero-order chi connectivity index (χ0) is 19.6. The molecule has 1 atom stereocenters. The van der Waals surface area contributed by atoms with Gasteiger partial charge in [0.15, 0.2) is 5.78 Å². The fourth-order valence-electron chi connectivity index (χ4n) is 1.98. The number of Topliss-reactive ketones (excluding diaryl/α,β-unsaturated/α-hetero) is 1. The highest BCUT2D eigenvalue weighted by Gasteiger charge is 2.16. The molecule has 0 unspecified atom stereocenters. The zero-order valence-electron chi connectivity index (χ0n) is 16.0. The SMILES string of the molecule is COCCOCC(=O)NCCCC[C@H](NC(=O)COCCOC)C(C)=O. The lowest BCUT2D eigenvalue weighted by atomic mass is 10.1. The lowest BCUT2D eigenvalue weighted by molar-refractivity contribution is -0.130. The third-order valence-corrected chi connectivity index (χ3v) is 3.40. The molecule has 0 aromatic heterocycles. The standard InChI is InChI=1S/C17H32N2O7/c1-14(20)15(19-17(22)13-26-11-9-24-3)6-4-5-7-18-16(21)12-25-10-8-23-2/h15H,4-13H2,1-3H3,(H,18,21)(H,19,22)/t15-/m0/s1. The maximum Gasteiger partial charge on any atom is 0.246 e. The fraction of sp³-hybridized carbons (Fsp3) is 0.824. The first-order chi connectivity index (χ1) is 12.5. The monoisotopic (exact) mass is 376 g/mol. The number of ketones is 1. The number of carbonyl (C=O) groups excluding carboxylic acids is 3. The Kier molecular flexibility index (Phi) is 15.9. The molecular weight excluding hydrogens is 344 g/mol. The van der Waals surface area contributed by atoms with Crippen molar-refractivity contribution in [3.63, 3.8) is 0 Å². The Bertz CT molecular complexity index is 405. The van der Waals surface area contributed by atoms with Crippen LogP contribution in [0.2, 0.25) is 0 Å². The number of nitrogens with one attached hydrogen (secondary N) is 2. The Hall–Kier alpha value is -1.55. The van der Waals surface area contributed by atoms with Crippen LogP contribution in [-0.4, -0.2) is 84.0 Å². The van der Waals surface area contributed by atoms with Crippen molar-refractivity contribution in [1.82, 2.24) is 10.6 Å². The Morgan fingerprint density at radius 2 is 1.42 bits per heavy atom. The van der Waals surface area contributed by atoms with Gasteiger partial charge in [-0.2, -0.15) is 0 Å². The average Bonchev–Trinajstić information content (AvgIpc) is 2.61. The second kappa shape index (κ2) is 16.9. The maximum atomic E-state index is 11.7. The molecule has 0 saturated carbocycles. The molecule has 0 aromatic rings. The third kappa shape index (κ3) is 14.8. The minimum atomic E-state index is -0.540. The first-order valence-corrected chi connectivity index (χ1v) is 8.71. The van der Waals surface area contributed by atoms with Gasteiger partial charge >= 0.3 is 0 Å². The fourth-order valence-corrected chi connectivity index (χ4v) is 1.98. The van der Waals surface area contributed by atoms with Crippen LogP contribution < -0.4 is 10.6 Å². The molecule has 0 heterocycles. The third-order valence-electron chi connectivity index (χ3n) is 3.40. The van der Waals surface area contributed by atoms with Gasteiger partial charge in [0.05, 0.1) is 32.5 Å². The molecule has 152 valence electrons. The summed E-state index contributed by atoms with van der Waals surface area (Å²) >= 11 is 0. The highest BCUT2D eigenvalue weighted by atomic mass is 16.5. The van der Waals surface area contributed by atoms with Crippen LogP contribution in [-0.2, 0) is 33.3 Å². The summed E-state index contributed by atoms with van der Waals surface area (Å²) in [7, 11) is 3.11. The van der Waals surface area contributed by atoms with Crippen molar-refractivity contribution in [3.05, 3.63) is 0 Å². The predicted octanol–water partition coefficient (Wildman–Crippen LogP) is -0.327. The van der Waals surface area contributed by atoms with Crippen molar-refractivity contribution < 1.29 is 33.3 Å². The zero-order valence-corrected chi connectivity index (χ0v) is 16.0. The van der Waals surface area contributed by atoms with E-state index in [1.165, 1.54) is 6.92 Å². The number of rotatable bonds is 17. The molecule has 0 spiro atoms. The average molecular weight is 376 g/mol. The Labute approximate surface area is 155 Å². The summed E-state index contributed by atoms with van der Waals surface area (Å²) in [6.07, 6.45) is 1.91. The van der Waals surface area contributed by atoms with Crippen molar-refractivity contribution >= 4 is 17.6 Å². The summed E-state index contributed by atoms with van der Waals surface area (Å²) in [5.74, 6) is -0.626. The molecule has 0 radical (unpaired) electrons. The molecule has 0 rings (SSSR count). The van der Waals surface area contributed by atoms with E-state index in [9.17, 15) is 14.4 Å². The number of carbonyl (C=O) groups is 3. The summed E-state index contributed by atoms with van der Waals surface area (Å²) in [6.45, 7) is 3.38. The van der Waals surface area contributed by atoms with E-state index in [4.69, 9.17) is 18.9 Å². The van der Waals surface area contributed by atoms with Gasteiger partial charge in [0.1, 0.15) is 13.2 Å². The Balaban J connectivity index is 3.81. The summed E-state index contributed by atoms with van der Waals surface area (Å²) in [4.78, 5) is 34.9. The summed E-state index contributed by atoms with van der Waals surface area (Å²) in [5, 5.41) is 5.39. The van der Waals surface area contributed by atoms with E-state index in [0.717, 1.165) is 0 Å². The number of amides is 2. The smallest absolute Gasteiger partial charge is 0.246 e. The van der Waals surface area contributed by atoms with Crippen molar-refractivity contribution in [3.8, 4) is 0 Å². The van der Waals surface area contributed by atoms with E-state index in [0.29, 0.717) is 52.2 Å². The Morgan fingerprint density at radius 1 is 0.846 bits per heavy atom. The summed E-state index contributed by atoms with van der Waals surface area (Å²) in [6, 6.07) is -0.540. The summed E-state index contributed by atoms with van der Waals surface area (Å²) < 4.78 is 19.8. The highest BCUT2D eigenvalue weighted by molar-refractivity contribution is 5.87. The first kappa shape index (κ1) is 24.5. The molecule has 9 nitrogen and oxygen atoms in total. The number of methoxy groups -OCH3 is 2. The van der Waals surface area contributed by atoms with Crippen LogP contribution in [0.1, 0.15) is 26.2 Å². The molecule has 9 heteroatoms. The molecule has 2 amide bonds. The molecule has 0 aliphatic carbocycles. The van der Waals surface area contributed by atoms with E-state index in [-0.39, 0.29) is 30.8 Å². The van der Waals surface area contributed by atoms with Crippen molar-refractivity contribution in [1.29, 1.82) is 0 Å². The summed E-state index contributed by atoms with van der Waals surface area (Å²) in [5.41, 5.74) is 0. The number of hydrogen-bond donors (Lipinski definition) is 2. The highest BCUT2D eigenvalue weighted by Crippen LogP contribution is 2.02. The van der Waals surface area contributed by atoms with Crippen molar-refractivity contribution in [2.45, 2.75) is 32.2 Å². The molecule has 0 aliphatic heterocycles. The topological polar surface area (TPSA) is 112 Å². The minimum absolute atomic E-state index is 0.00143. The van der Waals surface area contributed by atoms with E-state index in [2.05, 4.69) is 10.6 Å². The largest absolute Gasteiger partial charge is 0.382 e. The molecule has 0 fully saturated rings. The van der Waals surface area contributed by atoms with Gasteiger partial charge in [-0.25, -0.2) is 0 Å². The van der Waals surface area contributed by atoms with Gasteiger partial charge in [-0.3, -0.25) is 14.4 Å². The van der Waals surface area contributed by atoms with Crippen molar-refractivity contribution in [2.24, 2.45) is 0 Å². The van der Waals surface area contributed by atoms with Crippen LogP contribution in [0, 0.1) is 0 Å². The number of unbranched alkanes of at least 4 members (excludes halogenated alkanes) is 1. The maximum absolute atomic E-state index is 11.7. The van der Waals surface area contributed by atoms with E-state index in [1.54, 1.807) is 14.2 Å². The van der Waals surface area contributed by atoms with Gasteiger partial charge in [-0.05, 0) is 26.2 Å². The number of hydrogen-bond acceptors (Lipinski definition) is 7. The van der Waals surface area contributed by atoms with Crippen LogP contribution in [0.3, 0.4) is 0 Å². The molecule has 0 aliphatic rings. The van der Waals surface area contributed by atoms with Crippen LogP contribution in [0.4, 0.5) is 0 Å². The lowest BCUT2D eigenvalue weighted by Crippen LogP contribution is -2.41. The quantitative estimate of drug-likeness (QED) is 0.334. The molecule has 26 heavy (non-hydrogen) atoms. The van der Waals surface area contributed by atoms with Gasteiger partial charge in [-0.15, -0.1) is 0 Å². The van der Waals surface area contributed by atoms with E-state index < -0.39 is 6.04 Å². The normalized spacial score (nSPS) is 11.8. The van der Waals surface area contributed by atoms with Crippen LogP contribution in [0.15, 0.2) is 0 Å². The molecule has 0 bridgehead atoms. The van der Waals surface area contributed by atoms with Gasteiger partial charge in [-0.1, -0.05) is 0 Å². The lowest BCUT2D eigenvalue weighted by Gasteiger charge is -2.16. The molecule has 2 N–H and O–H groups in total. The molecule has 0 saturated heterocycles. The van der Waals surface area contributed by atoms with Crippen molar-refractivity contribution in [2.75, 3.05) is 60.4 Å². The molecule has 0 aromatic carbocycles. The van der Waals surface area contributed by atoms with Gasteiger partial charge in [0.25, 0.3) is 0 Å². The molecular formula is C17H32N2O7. The second-order valence-corrected chi connectivity index (χ2v) is 5.67. The van der Waals surface area contributed by atoms with E-state index in [1.807, 2.05) is 0 Å². The van der Waals surface area contributed by atoms with Gasteiger partial charge < -0.3 is 29.6 Å². The van der Waals surface area contributed by atoms with E-state index >= 15 is 0 Å². The van der Waals surface area contributed by atoms with Crippen LogP contribution in [0.25, 0.3) is 0 Å². The first-order valence-electron chi connectivity index (χ1n) is 8.71. The minimum Gasteiger partial charge on any atom is -0.382 e. The predicted molar refractivity (Wildman–Crippen MR) is 94.9 cm³/mol. The van der Waals surface area contributed by atoms with Crippen LogP contribution >= 0.6 is 0 Å².